The summed E-state index contributed by atoms with van der Waals surface area (Å²) >= 11 is 1.59. The molecule has 0 saturated carbocycles. The number of halogens is 5. The molecule has 1 heterocycles. The predicted molar refractivity (Wildman–Crippen MR) is 59.8 cm³/mol. The third-order valence-corrected chi connectivity index (χ3v) is 2.68. The molecule has 9 heteroatoms. The van der Waals surface area contributed by atoms with Gasteiger partial charge in [0.2, 0.25) is 0 Å². The molecule has 0 fully saturated rings. The molecular formula is C9H6F4INO3. The molecule has 100 valence electrons. The lowest BCUT2D eigenvalue weighted by Crippen LogP contribution is -2.20. The third-order valence-electron chi connectivity index (χ3n) is 1.74. The maximum absolute atomic E-state index is 12.5. The van der Waals surface area contributed by atoms with Crippen LogP contribution in [0, 0.1) is 3.57 Å². The van der Waals surface area contributed by atoms with Crippen molar-refractivity contribution < 1.29 is 31.8 Å². The third kappa shape index (κ3) is 3.68. The number of rotatable bonds is 3. The average molecular weight is 379 g/mol. The lowest BCUT2D eigenvalue weighted by Gasteiger charge is -2.13. The second-order valence-electron chi connectivity index (χ2n) is 2.94. The number of carbonyl (C=O) groups is 1. The van der Waals surface area contributed by atoms with Gasteiger partial charge in [-0.15, -0.1) is 13.2 Å². The lowest BCUT2D eigenvalue weighted by molar-refractivity contribution is -0.274. The van der Waals surface area contributed by atoms with Crippen molar-refractivity contribution in [3.05, 3.63) is 21.0 Å². The Hall–Kier alpha value is -1.13. The minimum atomic E-state index is -4.98. The van der Waals surface area contributed by atoms with Crippen molar-refractivity contribution in [2.75, 3.05) is 7.11 Å². The van der Waals surface area contributed by atoms with Crippen molar-refractivity contribution in [3.63, 3.8) is 0 Å². The summed E-state index contributed by atoms with van der Waals surface area (Å²) in [5, 5.41) is 0. The van der Waals surface area contributed by atoms with Gasteiger partial charge in [0.15, 0.2) is 11.4 Å². The van der Waals surface area contributed by atoms with Gasteiger partial charge in [0.05, 0.1) is 12.8 Å². The van der Waals surface area contributed by atoms with Crippen LogP contribution in [0.4, 0.5) is 17.6 Å². The van der Waals surface area contributed by atoms with Gasteiger partial charge in [0.1, 0.15) is 6.67 Å². The minimum Gasteiger partial charge on any atom is -0.464 e. The number of hydrogen-bond acceptors (Lipinski definition) is 4. The van der Waals surface area contributed by atoms with Crippen molar-refractivity contribution in [2.24, 2.45) is 0 Å². The first kappa shape index (κ1) is 14.9. The number of aromatic nitrogens is 1. The standard InChI is InChI=1S/C9H6F4INO3/c1-17-8(16)7-6(18-9(11,12)13)2-4(14)5(3-10)15-7/h2H,3H2,1H3. The van der Waals surface area contributed by atoms with E-state index in [1.807, 2.05) is 0 Å². The normalized spacial score (nSPS) is 11.2. The zero-order chi connectivity index (χ0) is 13.9. The van der Waals surface area contributed by atoms with E-state index in [9.17, 15) is 22.4 Å². The molecule has 0 radical (unpaired) electrons. The number of pyridine rings is 1. The highest BCUT2D eigenvalue weighted by Gasteiger charge is 2.34. The molecule has 0 aromatic carbocycles. The van der Waals surface area contributed by atoms with E-state index in [0.717, 1.165) is 13.2 Å². The SMILES string of the molecule is COC(=O)c1nc(CF)c(I)cc1OC(F)(F)F. The maximum Gasteiger partial charge on any atom is 0.573 e. The van der Waals surface area contributed by atoms with Crippen LogP contribution in [0.15, 0.2) is 6.07 Å². The van der Waals surface area contributed by atoms with Crippen LogP contribution >= 0.6 is 22.6 Å². The zero-order valence-electron chi connectivity index (χ0n) is 8.85. The number of esters is 1. The van der Waals surface area contributed by atoms with E-state index < -0.39 is 30.4 Å². The van der Waals surface area contributed by atoms with Crippen molar-refractivity contribution in [1.29, 1.82) is 0 Å². The van der Waals surface area contributed by atoms with E-state index in [1.54, 1.807) is 22.6 Å². The predicted octanol–water partition coefficient (Wildman–Crippen LogP) is 2.84. The first-order valence-electron chi connectivity index (χ1n) is 4.38. The van der Waals surface area contributed by atoms with Crippen molar-refractivity contribution >= 4 is 28.6 Å². The second-order valence-corrected chi connectivity index (χ2v) is 4.10. The van der Waals surface area contributed by atoms with Gasteiger partial charge in [0.25, 0.3) is 0 Å². The molecule has 0 unspecified atom stereocenters. The van der Waals surface area contributed by atoms with E-state index in [0.29, 0.717) is 0 Å². The Balaban J connectivity index is 3.30. The topological polar surface area (TPSA) is 48.4 Å². The highest BCUT2D eigenvalue weighted by molar-refractivity contribution is 14.1. The summed E-state index contributed by atoms with van der Waals surface area (Å²) in [6.45, 7) is -1.02. The van der Waals surface area contributed by atoms with Crippen molar-refractivity contribution in [2.45, 2.75) is 13.0 Å². The summed E-state index contributed by atoms with van der Waals surface area (Å²) in [7, 11) is 0.967. The fourth-order valence-corrected chi connectivity index (χ4v) is 1.60. The Morgan fingerprint density at radius 3 is 2.56 bits per heavy atom. The van der Waals surface area contributed by atoms with Crippen LogP contribution in [0.2, 0.25) is 0 Å². The van der Waals surface area contributed by atoms with E-state index in [-0.39, 0.29) is 9.26 Å². The monoisotopic (exact) mass is 379 g/mol. The van der Waals surface area contributed by atoms with Gasteiger partial charge < -0.3 is 9.47 Å². The van der Waals surface area contributed by atoms with Gasteiger partial charge in [-0.3, -0.25) is 0 Å². The smallest absolute Gasteiger partial charge is 0.464 e. The van der Waals surface area contributed by atoms with Crippen LogP contribution in [-0.4, -0.2) is 24.4 Å². The molecular weight excluding hydrogens is 373 g/mol. The lowest BCUT2D eigenvalue weighted by atomic mass is 10.3. The molecule has 0 aliphatic carbocycles. The highest BCUT2D eigenvalue weighted by Crippen LogP contribution is 2.29. The molecule has 0 atom stereocenters. The molecule has 0 saturated heterocycles. The second kappa shape index (κ2) is 5.67. The number of hydrogen-bond donors (Lipinski definition) is 0. The van der Waals surface area contributed by atoms with Crippen LogP contribution in [0.5, 0.6) is 5.75 Å². The fourth-order valence-electron chi connectivity index (χ4n) is 1.05. The van der Waals surface area contributed by atoms with Crippen LogP contribution in [-0.2, 0) is 11.4 Å². The number of methoxy groups -OCH3 is 1. The first-order valence-corrected chi connectivity index (χ1v) is 5.45. The summed E-state index contributed by atoms with van der Waals surface area (Å²) in [5.41, 5.74) is -0.881. The Morgan fingerprint density at radius 1 is 1.50 bits per heavy atom. The summed E-state index contributed by atoms with van der Waals surface area (Å²) < 4.78 is 56.9. The quantitative estimate of drug-likeness (QED) is 0.461. The molecule has 0 N–H and O–H groups in total. The number of alkyl halides is 4. The van der Waals surface area contributed by atoms with Gasteiger partial charge in [0, 0.05) is 3.57 Å². The van der Waals surface area contributed by atoms with Crippen LogP contribution in [0.1, 0.15) is 16.2 Å². The molecule has 0 aliphatic rings. The Labute approximate surface area is 112 Å². The largest absolute Gasteiger partial charge is 0.573 e. The van der Waals surface area contributed by atoms with Crippen molar-refractivity contribution in [1.82, 2.24) is 4.98 Å². The Kier molecular flexibility index (Phi) is 4.71. The maximum atomic E-state index is 12.5. The molecule has 4 nitrogen and oxygen atoms in total. The van der Waals surface area contributed by atoms with E-state index in [4.69, 9.17) is 0 Å². The molecule has 1 aromatic heterocycles. The molecule has 1 aromatic rings. The summed E-state index contributed by atoms with van der Waals surface area (Å²) in [5.74, 6) is -1.96. The number of carbonyl (C=O) groups excluding carboxylic acids is 1. The number of nitrogens with zero attached hydrogens (tertiary/aromatic N) is 1. The van der Waals surface area contributed by atoms with E-state index in [2.05, 4.69) is 14.5 Å². The summed E-state index contributed by atoms with van der Waals surface area (Å²) in [6.07, 6.45) is -4.98. The molecule has 0 amide bonds. The average Bonchev–Trinajstić information content (AvgIpc) is 2.26. The number of ether oxygens (including phenoxy) is 2. The first-order chi connectivity index (χ1) is 8.28. The van der Waals surface area contributed by atoms with Gasteiger partial charge in [-0.05, 0) is 28.7 Å². The molecule has 0 bridgehead atoms. The molecule has 0 spiro atoms. The molecule has 18 heavy (non-hydrogen) atoms. The van der Waals surface area contributed by atoms with Gasteiger partial charge in [-0.1, -0.05) is 0 Å². The minimum absolute atomic E-state index is 0.113. The van der Waals surface area contributed by atoms with E-state index >= 15 is 0 Å². The van der Waals surface area contributed by atoms with Gasteiger partial charge >= 0.3 is 12.3 Å². The summed E-state index contributed by atoms with van der Waals surface area (Å²) in [6, 6.07) is 0.877. The van der Waals surface area contributed by atoms with Crippen molar-refractivity contribution in [3.8, 4) is 5.75 Å². The van der Waals surface area contributed by atoms with E-state index in [1.165, 1.54) is 0 Å². The molecule has 0 aliphatic heterocycles. The molecule has 1 rings (SSSR count). The highest BCUT2D eigenvalue weighted by atomic mass is 127. The Morgan fingerprint density at radius 2 is 2.11 bits per heavy atom. The fraction of sp³-hybridized carbons (Fsp3) is 0.333. The summed E-state index contributed by atoms with van der Waals surface area (Å²) in [4.78, 5) is 14.7. The van der Waals surface area contributed by atoms with Crippen LogP contribution in [0.3, 0.4) is 0 Å². The van der Waals surface area contributed by atoms with Gasteiger partial charge in [-0.25, -0.2) is 14.2 Å². The van der Waals surface area contributed by atoms with Crippen LogP contribution < -0.4 is 4.74 Å². The van der Waals surface area contributed by atoms with Crippen LogP contribution in [0.25, 0.3) is 0 Å². The van der Waals surface area contributed by atoms with Gasteiger partial charge in [-0.2, -0.15) is 0 Å². The zero-order valence-corrected chi connectivity index (χ0v) is 11.0. The Bertz CT molecular complexity index is 464.